The molecule has 1 aromatic heterocycles. The third-order valence-corrected chi connectivity index (χ3v) is 3.81. The van der Waals surface area contributed by atoms with Crippen LogP contribution in [0.5, 0.6) is 0 Å². The zero-order valence-corrected chi connectivity index (χ0v) is 11.8. The molecule has 2 heterocycles. The summed E-state index contributed by atoms with van der Waals surface area (Å²) in [5.74, 6) is -0.746. The van der Waals surface area contributed by atoms with E-state index in [2.05, 4.69) is 23.1 Å². The van der Waals surface area contributed by atoms with Gasteiger partial charge in [-0.25, -0.2) is 0 Å². The van der Waals surface area contributed by atoms with E-state index in [4.69, 9.17) is 5.11 Å². The fourth-order valence-electron chi connectivity index (χ4n) is 2.72. The maximum Gasteiger partial charge on any atom is 0.317 e. The minimum Gasteiger partial charge on any atom is -0.480 e. The number of hydrogen-bond acceptors (Lipinski definition) is 4. The second-order valence-electron chi connectivity index (χ2n) is 5.23. The van der Waals surface area contributed by atoms with Gasteiger partial charge in [0.2, 0.25) is 0 Å². The van der Waals surface area contributed by atoms with Crippen LogP contribution in [0, 0.1) is 6.92 Å². The number of aliphatic carboxylic acids is 1. The molecule has 0 bridgehead atoms. The molecule has 0 radical (unpaired) electrons. The maximum atomic E-state index is 10.7. The average Bonchev–Trinajstić information content (AvgIpc) is 2.68. The highest BCUT2D eigenvalue weighted by atomic mass is 16.4. The highest BCUT2D eigenvalue weighted by molar-refractivity contribution is 5.69. The Morgan fingerprint density at radius 1 is 1.42 bits per heavy atom. The topological polar surface area (TPSA) is 61.6 Å². The van der Waals surface area contributed by atoms with Gasteiger partial charge in [-0.05, 0) is 13.8 Å². The lowest BCUT2D eigenvalue weighted by Crippen LogP contribution is -2.48. The van der Waals surface area contributed by atoms with E-state index in [1.807, 2.05) is 23.6 Å². The molecule has 0 aliphatic carbocycles. The van der Waals surface area contributed by atoms with E-state index < -0.39 is 5.97 Å². The quantitative estimate of drug-likeness (QED) is 0.859. The van der Waals surface area contributed by atoms with Gasteiger partial charge in [-0.15, -0.1) is 0 Å². The van der Waals surface area contributed by atoms with Gasteiger partial charge in [0.25, 0.3) is 0 Å². The van der Waals surface area contributed by atoms with Gasteiger partial charge in [-0.1, -0.05) is 0 Å². The third-order valence-electron chi connectivity index (χ3n) is 3.81. The molecule has 1 aliphatic rings. The van der Waals surface area contributed by atoms with Gasteiger partial charge in [-0.2, -0.15) is 5.10 Å². The summed E-state index contributed by atoms with van der Waals surface area (Å²) in [6.07, 6.45) is 2.07. The van der Waals surface area contributed by atoms with Gasteiger partial charge in [0.1, 0.15) is 0 Å². The number of aromatic nitrogens is 2. The van der Waals surface area contributed by atoms with Crippen LogP contribution in [0.4, 0.5) is 0 Å². The fraction of sp³-hybridized carbons (Fsp3) is 0.692. The summed E-state index contributed by atoms with van der Waals surface area (Å²) >= 11 is 0. The number of carboxylic acid groups (broad SMARTS) is 1. The van der Waals surface area contributed by atoms with Gasteiger partial charge in [0.15, 0.2) is 0 Å². The van der Waals surface area contributed by atoms with Crippen molar-refractivity contribution < 1.29 is 9.90 Å². The zero-order valence-electron chi connectivity index (χ0n) is 11.8. The third kappa shape index (κ3) is 3.33. The summed E-state index contributed by atoms with van der Waals surface area (Å²) in [4.78, 5) is 15.1. The molecule has 0 amide bonds. The van der Waals surface area contributed by atoms with Crippen LogP contribution in [0.25, 0.3) is 0 Å². The van der Waals surface area contributed by atoms with E-state index in [9.17, 15) is 4.79 Å². The van der Waals surface area contributed by atoms with Crippen LogP contribution in [-0.4, -0.2) is 63.4 Å². The Kier molecular flexibility index (Phi) is 4.21. The van der Waals surface area contributed by atoms with E-state index in [-0.39, 0.29) is 6.54 Å². The highest BCUT2D eigenvalue weighted by Gasteiger charge is 2.24. The Morgan fingerprint density at radius 3 is 2.53 bits per heavy atom. The molecule has 1 fully saturated rings. The Bertz CT molecular complexity index is 449. The monoisotopic (exact) mass is 266 g/mol. The standard InChI is InChI=1S/C13H22N4O2/c1-10-12(8-15(3)14-10)11(2)17-6-4-16(5-7-17)9-13(18)19/h8,11H,4-7,9H2,1-3H3,(H,18,19). The van der Waals surface area contributed by atoms with Gasteiger partial charge >= 0.3 is 5.97 Å². The second-order valence-corrected chi connectivity index (χ2v) is 5.23. The van der Waals surface area contributed by atoms with E-state index >= 15 is 0 Å². The van der Waals surface area contributed by atoms with Crippen molar-refractivity contribution in [2.75, 3.05) is 32.7 Å². The smallest absolute Gasteiger partial charge is 0.317 e. The van der Waals surface area contributed by atoms with Gasteiger partial charge < -0.3 is 5.11 Å². The minimum absolute atomic E-state index is 0.147. The minimum atomic E-state index is -0.746. The summed E-state index contributed by atoms with van der Waals surface area (Å²) in [6.45, 7) is 7.81. The number of hydrogen-bond donors (Lipinski definition) is 1. The second kappa shape index (κ2) is 5.71. The van der Waals surface area contributed by atoms with Crippen molar-refractivity contribution in [1.82, 2.24) is 19.6 Å². The van der Waals surface area contributed by atoms with Crippen LogP contribution in [0.2, 0.25) is 0 Å². The number of nitrogens with zero attached hydrogens (tertiary/aromatic N) is 4. The van der Waals surface area contributed by atoms with Gasteiger partial charge in [0.05, 0.1) is 12.2 Å². The summed E-state index contributed by atoms with van der Waals surface area (Å²) in [6, 6.07) is 0.334. The molecule has 19 heavy (non-hydrogen) atoms. The van der Waals surface area contributed by atoms with Gasteiger partial charge in [-0.3, -0.25) is 19.3 Å². The van der Waals surface area contributed by atoms with Crippen LogP contribution in [0.3, 0.4) is 0 Å². The highest BCUT2D eigenvalue weighted by Crippen LogP contribution is 2.23. The summed E-state index contributed by atoms with van der Waals surface area (Å²) in [5.41, 5.74) is 2.33. The molecule has 0 spiro atoms. The molecule has 1 saturated heterocycles. The Balaban J connectivity index is 1.94. The molecular weight excluding hydrogens is 244 g/mol. The number of piperazine rings is 1. The molecule has 2 rings (SSSR count). The van der Waals surface area contributed by atoms with Crippen LogP contribution >= 0.6 is 0 Å². The first-order chi connectivity index (χ1) is 8.97. The lowest BCUT2D eigenvalue weighted by atomic mass is 10.1. The van der Waals surface area contributed by atoms with E-state index in [0.717, 1.165) is 31.9 Å². The van der Waals surface area contributed by atoms with Crippen LogP contribution in [0.1, 0.15) is 24.2 Å². The van der Waals surface area contributed by atoms with Crippen molar-refractivity contribution in [3.05, 3.63) is 17.5 Å². The van der Waals surface area contributed by atoms with Crippen molar-refractivity contribution in [3.8, 4) is 0 Å². The van der Waals surface area contributed by atoms with Gasteiger partial charge in [0, 0.05) is 51.0 Å². The predicted octanol–water partition coefficient (Wildman–Crippen LogP) is 0.492. The van der Waals surface area contributed by atoms with Crippen molar-refractivity contribution >= 4 is 5.97 Å². The number of aryl methyl sites for hydroxylation is 2. The Labute approximate surface area is 113 Å². The van der Waals surface area contributed by atoms with Crippen LogP contribution in [0.15, 0.2) is 6.20 Å². The van der Waals surface area contributed by atoms with Crippen molar-refractivity contribution in [1.29, 1.82) is 0 Å². The normalized spacial score (nSPS) is 19.5. The SMILES string of the molecule is Cc1nn(C)cc1C(C)N1CCN(CC(=O)O)CC1. The molecule has 1 aromatic rings. The Morgan fingerprint density at radius 2 is 2.05 bits per heavy atom. The molecule has 1 N–H and O–H groups in total. The zero-order chi connectivity index (χ0) is 14.0. The fourth-order valence-corrected chi connectivity index (χ4v) is 2.72. The predicted molar refractivity (Wildman–Crippen MR) is 72.0 cm³/mol. The maximum absolute atomic E-state index is 10.7. The van der Waals surface area contributed by atoms with Crippen LogP contribution in [-0.2, 0) is 11.8 Å². The molecule has 106 valence electrons. The van der Waals surface area contributed by atoms with E-state index in [1.54, 1.807) is 0 Å². The number of carbonyl (C=O) groups is 1. The lowest BCUT2D eigenvalue weighted by Gasteiger charge is -2.37. The average molecular weight is 266 g/mol. The summed E-state index contributed by atoms with van der Waals surface area (Å²) < 4.78 is 1.85. The largest absolute Gasteiger partial charge is 0.480 e. The molecule has 1 unspecified atom stereocenters. The first-order valence-electron chi connectivity index (χ1n) is 6.65. The first kappa shape index (κ1) is 14.0. The van der Waals surface area contributed by atoms with E-state index in [0.29, 0.717) is 6.04 Å². The molecule has 0 saturated carbocycles. The first-order valence-corrected chi connectivity index (χ1v) is 6.65. The molecule has 0 aromatic carbocycles. The Hall–Kier alpha value is -1.40. The molecule has 1 atom stereocenters. The summed E-state index contributed by atoms with van der Waals surface area (Å²) in [5, 5.41) is 13.2. The molecular formula is C13H22N4O2. The van der Waals surface area contributed by atoms with Crippen LogP contribution < -0.4 is 0 Å². The van der Waals surface area contributed by atoms with Crippen molar-refractivity contribution in [3.63, 3.8) is 0 Å². The number of carboxylic acids is 1. The molecule has 1 aliphatic heterocycles. The van der Waals surface area contributed by atoms with Crippen molar-refractivity contribution in [2.45, 2.75) is 19.9 Å². The summed E-state index contributed by atoms with van der Waals surface area (Å²) in [7, 11) is 1.94. The van der Waals surface area contributed by atoms with Crippen molar-refractivity contribution in [2.24, 2.45) is 7.05 Å². The molecule has 6 heteroatoms. The molecule has 6 nitrogen and oxygen atoms in total. The lowest BCUT2D eigenvalue weighted by molar-refractivity contribution is -0.138. The number of rotatable bonds is 4. The van der Waals surface area contributed by atoms with E-state index in [1.165, 1.54) is 5.56 Å².